The maximum Gasteiger partial charge on any atom is 0.417 e. The van der Waals surface area contributed by atoms with E-state index < -0.39 is 36.1 Å². The molecule has 0 radical (unpaired) electrons. The topological polar surface area (TPSA) is 99.2 Å². The minimum absolute atomic E-state index is 0.0252. The van der Waals surface area contributed by atoms with Crippen molar-refractivity contribution in [1.29, 1.82) is 0 Å². The van der Waals surface area contributed by atoms with Crippen molar-refractivity contribution in [2.75, 3.05) is 13.1 Å². The van der Waals surface area contributed by atoms with E-state index in [0.29, 0.717) is 28.3 Å². The molecule has 4 rings (SSSR count). The Balaban J connectivity index is 1.70. The number of amides is 1. The van der Waals surface area contributed by atoms with Crippen LogP contribution in [0.1, 0.15) is 22.3 Å². The molecule has 15 heteroatoms. The van der Waals surface area contributed by atoms with Gasteiger partial charge in [0.25, 0.3) is 5.88 Å². The number of rotatable bonds is 8. The maximum atomic E-state index is 13.4. The highest BCUT2D eigenvalue weighted by molar-refractivity contribution is 6.31. The van der Waals surface area contributed by atoms with Crippen LogP contribution < -0.4 is 10.5 Å². The SMILES string of the molecule is NCCN(Cc1ccccc1Cl)C(=O)Oc1nnn(Cc2cc(C(F)(F)F)cc(C(F)(F)F)c2)c1-c1ccncc1. The van der Waals surface area contributed by atoms with Crippen molar-refractivity contribution in [2.45, 2.75) is 25.4 Å². The van der Waals surface area contributed by atoms with Gasteiger partial charge >= 0.3 is 18.4 Å². The number of ether oxygens (including phenoxy) is 1. The predicted molar refractivity (Wildman–Crippen MR) is 136 cm³/mol. The average Bonchev–Trinajstić information content (AvgIpc) is 3.30. The second kappa shape index (κ2) is 12.1. The van der Waals surface area contributed by atoms with Crippen molar-refractivity contribution in [2.24, 2.45) is 5.73 Å². The van der Waals surface area contributed by atoms with Crippen molar-refractivity contribution in [3.63, 3.8) is 0 Å². The number of aromatic nitrogens is 4. The van der Waals surface area contributed by atoms with Crippen LogP contribution in [-0.2, 0) is 25.4 Å². The summed E-state index contributed by atoms with van der Waals surface area (Å²) in [6.45, 7) is -0.353. The smallest absolute Gasteiger partial charge is 0.387 e. The van der Waals surface area contributed by atoms with Crippen LogP contribution in [0, 0.1) is 0 Å². The fourth-order valence-corrected chi connectivity index (χ4v) is 4.11. The number of alkyl halides is 6. The maximum absolute atomic E-state index is 13.4. The summed E-state index contributed by atoms with van der Waals surface area (Å²) in [6.07, 6.45) is -8.15. The van der Waals surface area contributed by atoms with Crippen molar-refractivity contribution in [3.8, 4) is 17.1 Å². The number of carbonyl (C=O) groups is 1. The van der Waals surface area contributed by atoms with Gasteiger partial charge < -0.3 is 15.4 Å². The molecule has 41 heavy (non-hydrogen) atoms. The molecule has 2 heterocycles. The molecule has 0 atom stereocenters. The standard InChI is InChI=1S/C26H21ClF6N6O2/c27-21-4-2-1-3-18(21)15-38(10-7-34)24(40)41-23-22(17-5-8-35-9-6-17)39(37-36-23)14-16-11-19(25(28,29)30)13-20(12-16)26(31,32)33/h1-6,8-9,11-13H,7,10,14-15,34H2. The first-order chi connectivity index (χ1) is 19.4. The Kier molecular flexibility index (Phi) is 8.83. The molecule has 1 amide bonds. The van der Waals surface area contributed by atoms with E-state index in [1.54, 1.807) is 24.3 Å². The average molecular weight is 599 g/mol. The van der Waals surface area contributed by atoms with Crippen LogP contribution in [0.15, 0.2) is 67.0 Å². The van der Waals surface area contributed by atoms with Gasteiger partial charge in [-0.25, -0.2) is 9.48 Å². The Bertz CT molecular complexity index is 1480. The van der Waals surface area contributed by atoms with Gasteiger partial charge in [-0.15, -0.1) is 0 Å². The van der Waals surface area contributed by atoms with E-state index in [1.807, 2.05) is 0 Å². The molecule has 0 aliphatic carbocycles. The van der Waals surface area contributed by atoms with Crippen molar-refractivity contribution in [1.82, 2.24) is 24.9 Å². The minimum Gasteiger partial charge on any atom is -0.387 e. The fraction of sp³-hybridized carbons (Fsp3) is 0.231. The summed E-state index contributed by atoms with van der Waals surface area (Å²) in [5.74, 6) is -0.328. The Morgan fingerprint density at radius 1 is 0.976 bits per heavy atom. The molecule has 0 saturated carbocycles. The van der Waals surface area contributed by atoms with Gasteiger partial charge in [-0.2, -0.15) is 26.3 Å². The molecule has 0 bridgehead atoms. The molecule has 0 aliphatic heterocycles. The Labute approximate surface area is 234 Å². The molecule has 2 N–H and O–H groups in total. The van der Waals surface area contributed by atoms with Gasteiger partial charge in [-0.05, 0) is 47.5 Å². The van der Waals surface area contributed by atoms with Crippen LogP contribution in [0.5, 0.6) is 5.88 Å². The zero-order chi connectivity index (χ0) is 29.8. The largest absolute Gasteiger partial charge is 0.417 e. The summed E-state index contributed by atoms with van der Waals surface area (Å²) in [6, 6.07) is 11.0. The first kappa shape index (κ1) is 29.8. The van der Waals surface area contributed by atoms with Gasteiger partial charge in [0, 0.05) is 36.1 Å². The van der Waals surface area contributed by atoms with Gasteiger partial charge in [-0.3, -0.25) is 4.98 Å². The van der Waals surface area contributed by atoms with E-state index in [2.05, 4.69) is 15.3 Å². The van der Waals surface area contributed by atoms with Crippen LogP contribution in [0.3, 0.4) is 0 Å². The van der Waals surface area contributed by atoms with E-state index >= 15 is 0 Å². The number of halogens is 7. The van der Waals surface area contributed by atoms with Crippen LogP contribution in [0.4, 0.5) is 31.1 Å². The lowest BCUT2D eigenvalue weighted by molar-refractivity contribution is -0.143. The number of pyridine rings is 1. The van der Waals surface area contributed by atoms with Crippen molar-refractivity contribution < 1.29 is 35.9 Å². The third-order valence-corrected chi connectivity index (χ3v) is 6.17. The molecular formula is C26H21ClF6N6O2. The number of benzene rings is 2. The van der Waals surface area contributed by atoms with Gasteiger partial charge in [-0.1, -0.05) is 40.1 Å². The van der Waals surface area contributed by atoms with Gasteiger partial charge in [0.05, 0.1) is 24.2 Å². The number of hydrogen-bond acceptors (Lipinski definition) is 6. The quantitative estimate of drug-likeness (QED) is 0.248. The third-order valence-electron chi connectivity index (χ3n) is 5.80. The molecule has 0 aliphatic rings. The van der Waals surface area contributed by atoms with Crippen LogP contribution >= 0.6 is 11.6 Å². The van der Waals surface area contributed by atoms with Crippen LogP contribution in [0.2, 0.25) is 5.02 Å². The lowest BCUT2D eigenvalue weighted by Crippen LogP contribution is -2.37. The van der Waals surface area contributed by atoms with Crippen LogP contribution in [0.25, 0.3) is 11.3 Å². The highest BCUT2D eigenvalue weighted by atomic mass is 35.5. The molecule has 8 nitrogen and oxygen atoms in total. The van der Waals surface area contributed by atoms with E-state index in [1.165, 1.54) is 29.4 Å². The van der Waals surface area contributed by atoms with Gasteiger partial charge in [0.1, 0.15) is 5.69 Å². The zero-order valence-corrected chi connectivity index (χ0v) is 21.7. The van der Waals surface area contributed by atoms with E-state index in [9.17, 15) is 31.1 Å². The van der Waals surface area contributed by atoms with Gasteiger partial charge in [0.15, 0.2) is 0 Å². The summed E-state index contributed by atoms with van der Waals surface area (Å²) >= 11 is 6.22. The molecule has 2 aromatic carbocycles. The molecular weight excluding hydrogens is 578 g/mol. The summed E-state index contributed by atoms with van der Waals surface area (Å²) in [5, 5.41) is 8.14. The molecule has 0 saturated heterocycles. The van der Waals surface area contributed by atoms with E-state index in [4.69, 9.17) is 22.1 Å². The summed E-state index contributed by atoms with van der Waals surface area (Å²) < 4.78 is 86.9. The number of nitrogens with two attached hydrogens (primary N) is 1. The number of carbonyl (C=O) groups excluding carboxylic acids is 1. The zero-order valence-electron chi connectivity index (χ0n) is 21.0. The molecule has 2 aromatic heterocycles. The van der Waals surface area contributed by atoms with Gasteiger partial charge in [0.2, 0.25) is 0 Å². The fourth-order valence-electron chi connectivity index (χ4n) is 3.91. The highest BCUT2D eigenvalue weighted by Gasteiger charge is 2.37. The Morgan fingerprint density at radius 3 is 2.20 bits per heavy atom. The minimum atomic E-state index is -5.03. The molecule has 216 valence electrons. The predicted octanol–water partition coefficient (Wildman–Crippen LogP) is 6.04. The molecule has 4 aromatic rings. The third kappa shape index (κ3) is 7.32. The second-order valence-electron chi connectivity index (χ2n) is 8.72. The molecule has 0 unspecified atom stereocenters. The molecule has 0 fully saturated rings. The summed E-state index contributed by atoms with van der Waals surface area (Å²) in [7, 11) is 0. The normalized spacial score (nSPS) is 11.9. The first-order valence-electron chi connectivity index (χ1n) is 11.9. The highest BCUT2D eigenvalue weighted by Crippen LogP contribution is 2.37. The Hall–Kier alpha value is -4.17. The van der Waals surface area contributed by atoms with E-state index in [0.717, 1.165) is 4.68 Å². The monoisotopic (exact) mass is 598 g/mol. The first-order valence-corrected chi connectivity index (χ1v) is 12.3. The second-order valence-corrected chi connectivity index (χ2v) is 9.13. The Morgan fingerprint density at radius 2 is 1.61 bits per heavy atom. The summed E-state index contributed by atoms with van der Waals surface area (Å²) in [5.41, 5.74) is 3.34. The number of nitrogens with zero attached hydrogens (tertiary/aromatic N) is 5. The summed E-state index contributed by atoms with van der Waals surface area (Å²) in [4.78, 5) is 18.3. The lowest BCUT2D eigenvalue weighted by Gasteiger charge is -2.21. The number of hydrogen-bond donors (Lipinski definition) is 1. The van der Waals surface area contributed by atoms with Crippen molar-refractivity contribution in [3.05, 3.63) is 94.3 Å². The van der Waals surface area contributed by atoms with E-state index in [-0.39, 0.29) is 42.8 Å². The lowest BCUT2D eigenvalue weighted by atomic mass is 10.0. The molecule has 0 spiro atoms. The van der Waals surface area contributed by atoms with Crippen molar-refractivity contribution >= 4 is 17.7 Å². The van der Waals surface area contributed by atoms with Crippen LogP contribution in [-0.4, -0.2) is 44.1 Å².